The number of benzene rings is 1. The van der Waals surface area contributed by atoms with Gasteiger partial charge in [0, 0.05) is 10.7 Å². The van der Waals surface area contributed by atoms with Crippen molar-refractivity contribution in [1.82, 2.24) is 14.6 Å². The molecule has 5 nitrogen and oxygen atoms in total. The van der Waals surface area contributed by atoms with Crippen LogP contribution in [-0.4, -0.2) is 25.8 Å². The van der Waals surface area contributed by atoms with E-state index in [-0.39, 0.29) is 11.2 Å². The van der Waals surface area contributed by atoms with Gasteiger partial charge in [-0.05, 0) is 55.5 Å². The van der Waals surface area contributed by atoms with Crippen molar-refractivity contribution in [3.8, 4) is 0 Å². The summed E-state index contributed by atoms with van der Waals surface area (Å²) in [6, 6.07) is 9.69. The maximum absolute atomic E-state index is 12.9. The number of hydrogen-bond acceptors (Lipinski definition) is 5. The van der Waals surface area contributed by atoms with E-state index in [4.69, 9.17) is 11.6 Å². The fourth-order valence-electron chi connectivity index (χ4n) is 3.13. The van der Waals surface area contributed by atoms with Gasteiger partial charge in [0.05, 0.1) is 21.0 Å². The topological polar surface area (TPSA) is 59.3 Å². The molecule has 0 saturated carbocycles. The SMILES string of the molecule is CCC(Sc1nnc(C)n2c1cc1sccc12)C(=O)Nc1cc(Cl)ccc1C. The summed E-state index contributed by atoms with van der Waals surface area (Å²) in [5, 5.41) is 14.8. The molecule has 1 aromatic carbocycles. The second kappa shape index (κ2) is 7.73. The highest BCUT2D eigenvalue weighted by atomic mass is 35.5. The number of rotatable bonds is 5. The number of carbonyl (C=O) groups excluding carboxylic acids is 1. The minimum atomic E-state index is -0.285. The molecule has 0 fully saturated rings. The lowest BCUT2D eigenvalue weighted by Crippen LogP contribution is -2.25. The third kappa shape index (κ3) is 3.50. The Morgan fingerprint density at radius 3 is 2.86 bits per heavy atom. The molecule has 28 heavy (non-hydrogen) atoms. The molecule has 0 spiro atoms. The first-order chi connectivity index (χ1) is 13.5. The molecule has 1 atom stereocenters. The van der Waals surface area contributed by atoms with Gasteiger partial charge in [-0.15, -0.1) is 21.5 Å². The van der Waals surface area contributed by atoms with E-state index in [2.05, 4.69) is 37.4 Å². The van der Waals surface area contributed by atoms with Gasteiger partial charge in [-0.3, -0.25) is 9.20 Å². The van der Waals surface area contributed by atoms with E-state index in [0.717, 1.165) is 33.1 Å². The molecule has 0 saturated heterocycles. The highest BCUT2D eigenvalue weighted by Crippen LogP contribution is 2.33. The fraction of sp³-hybridized carbons (Fsp3) is 0.250. The Morgan fingerprint density at radius 1 is 1.25 bits per heavy atom. The lowest BCUT2D eigenvalue weighted by Gasteiger charge is -2.16. The van der Waals surface area contributed by atoms with Gasteiger partial charge >= 0.3 is 0 Å². The number of nitrogens with zero attached hydrogens (tertiary/aromatic N) is 3. The van der Waals surface area contributed by atoms with Crippen LogP contribution in [0.25, 0.3) is 15.7 Å². The summed E-state index contributed by atoms with van der Waals surface area (Å²) < 4.78 is 3.29. The maximum Gasteiger partial charge on any atom is 0.237 e. The van der Waals surface area contributed by atoms with E-state index < -0.39 is 0 Å². The first-order valence-electron chi connectivity index (χ1n) is 8.93. The van der Waals surface area contributed by atoms with E-state index in [1.54, 1.807) is 17.4 Å². The van der Waals surface area contributed by atoms with E-state index in [9.17, 15) is 4.79 Å². The number of amides is 1. The minimum Gasteiger partial charge on any atom is -0.325 e. The van der Waals surface area contributed by atoms with Crippen molar-refractivity contribution in [3.05, 3.63) is 52.1 Å². The van der Waals surface area contributed by atoms with Gasteiger partial charge in [0.2, 0.25) is 5.91 Å². The van der Waals surface area contributed by atoms with Gasteiger partial charge in [0.25, 0.3) is 0 Å². The summed E-state index contributed by atoms with van der Waals surface area (Å²) >= 11 is 9.21. The molecule has 8 heteroatoms. The predicted molar refractivity (Wildman–Crippen MR) is 118 cm³/mol. The van der Waals surface area contributed by atoms with Crippen LogP contribution in [0.15, 0.2) is 40.7 Å². The Balaban J connectivity index is 1.64. The van der Waals surface area contributed by atoms with Gasteiger partial charge in [0.15, 0.2) is 0 Å². The van der Waals surface area contributed by atoms with E-state index in [1.165, 1.54) is 16.5 Å². The van der Waals surface area contributed by atoms with Crippen LogP contribution in [0.4, 0.5) is 5.69 Å². The number of thioether (sulfide) groups is 1. The minimum absolute atomic E-state index is 0.0632. The Kier molecular flexibility index (Phi) is 5.31. The Labute approximate surface area is 176 Å². The number of anilines is 1. The first kappa shape index (κ1) is 19.2. The number of thiophene rings is 1. The van der Waals surface area contributed by atoms with Crippen LogP contribution in [0.3, 0.4) is 0 Å². The molecule has 0 aliphatic carbocycles. The van der Waals surface area contributed by atoms with Crippen LogP contribution in [0.1, 0.15) is 24.7 Å². The third-order valence-electron chi connectivity index (χ3n) is 4.63. The number of hydrogen-bond donors (Lipinski definition) is 1. The molecule has 1 unspecified atom stereocenters. The molecule has 0 radical (unpaired) electrons. The van der Waals surface area contributed by atoms with E-state index in [0.29, 0.717) is 11.4 Å². The average molecular weight is 431 g/mol. The molecule has 0 aliphatic rings. The number of halogens is 1. The Morgan fingerprint density at radius 2 is 2.07 bits per heavy atom. The summed E-state index contributed by atoms with van der Waals surface area (Å²) in [5.74, 6) is 0.770. The summed E-state index contributed by atoms with van der Waals surface area (Å²) in [7, 11) is 0. The van der Waals surface area contributed by atoms with Gasteiger partial charge < -0.3 is 5.32 Å². The standard InChI is InChI=1S/C20H19ClN4OS2/c1-4-17(19(26)22-14-9-13(21)6-5-11(14)2)28-20-16-10-18-15(7-8-27-18)25(16)12(3)23-24-20/h5-10,17H,4H2,1-3H3,(H,22,26). The van der Waals surface area contributed by atoms with Crippen molar-refractivity contribution in [3.63, 3.8) is 0 Å². The van der Waals surface area contributed by atoms with Crippen LogP contribution in [0, 0.1) is 13.8 Å². The van der Waals surface area contributed by atoms with Crippen molar-refractivity contribution in [2.24, 2.45) is 0 Å². The molecule has 4 rings (SSSR count). The second-order valence-electron chi connectivity index (χ2n) is 6.55. The molecule has 0 bridgehead atoms. The maximum atomic E-state index is 12.9. The third-order valence-corrected chi connectivity index (χ3v) is 7.06. The molecule has 144 valence electrons. The molecular weight excluding hydrogens is 412 g/mol. The largest absolute Gasteiger partial charge is 0.325 e. The normalized spacial score (nSPS) is 12.6. The summed E-state index contributed by atoms with van der Waals surface area (Å²) in [6.45, 7) is 5.89. The fourth-order valence-corrected chi connectivity index (χ4v) is 5.06. The predicted octanol–water partition coefficient (Wildman–Crippen LogP) is 5.72. The highest BCUT2D eigenvalue weighted by molar-refractivity contribution is 8.00. The monoisotopic (exact) mass is 430 g/mol. The van der Waals surface area contributed by atoms with Crippen LogP contribution >= 0.6 is 34.7 Å². The summed E-state index contributed by atoms with van der Waals surface area (Å²) in [4.78, 5) is 12.9. The molecule has 1 N–H and O–H groups in total. The van der Waals surface area contributed by atoms with Crippen molar-refractivity contribution in [2.45, 2.75) is 37.5 Å². The Bertz CT molecular complexity index is 1180. The quantitative estimate of drug-likeness (QED) is 0.411. The van der Waals surface area contributed by atoms with Crippen LogP contribution in [0.5, 0.6) is 0 Å². The smallest absolute Gasteiger partial charge is 0.237 e. The van der Waals surface area contributed by atoms with Crippen LogP contribution in [-0.2, 0) is 4.79 Å². The molecule has 0 aliphatic heterocycles. The van der Waals surface area contributed by atoms with Gasteiger partial charge in [-0.25, -0.2) is 0 Å². The molecule has 3 heterocycles. The van der Waals surface area contributed by atoms with Crippen molar-refractivity contribution < 1.29 is 4.79 Å². The number of carbonyl (C=O) groups is 1. The first-order valence-corrected chi connectivity index (χ1v) is 11.1. The zero-order chi connectivity index (χ0) is 19.8. The molecule has 1 amide bonds. The number of aromatic nitrogens is 3. The average Bonchev–Trinajstić information content (AvgIpc) is 3.25. The number of aryl methyl sites for hydroxylation is 2. The zero-order valence-corrected chi connectivity index (χ0v) is 18.1. The summed E-state index contributed by atoms with van der Waals surface area (Å²) in [5.41, 5.74) is 3.83. The zero-order valence-electron chi connectivity index (χ0n) is 15.7. The van der Waals surface area contributed by atoms with E-state index >= 15 is 0 Å². The van der Waals surface area contributed by atoms with Gasteiger partial charge in [0.1, 0.15) is 10.9 Å². The molecule has 3 aromatic heterocycles. The lowest BCUT2D eigenvalue weighted by atomic mass is 10.2. The highest BCUT2D eigenvalue weighted by Gasteiger charge is 2.22. The number of fused-ring (bicyclic) bond motifs is 3. The lowest BCUT2D eigenvalue weighted by molar-refractivity contribution is -0.115. The van der Waals surface area contributed by atoms with Crippen LogP contribution < -0.4 is 5.32 Å². The van der Waals surface area contributed by atoms with Crippen molar-refractivity contribution >= 4 is 62.0 Å². The van der Waals surface area contributed by atoms with Gasteiger partial charge in [-0.2, -0.15) is 0 Å². The van der Waals surface area contributed by atoms with Crippen molar-refractivity contribution in [2.75, 3.05) is 5.32 Å². The van der Waals surface area contributed by atoms with E-state index in [1.807, 2.05) is 32.9 Å². The van der Waals surface area contributed by atoms with Crippen LogP contribution in [0.2, 0.25) is 5.02 Å². The second-order valence-corrected chi connectivity index (χ2v) is 9.13. The molecule has 4 aromatic rings. The Hall–Kier alpha value is -2.09. The number of nitrogens with one attached hydrogen (secondary N) is 1. The molecular formula is C20H19ClN4OS2. The summed E-state index contributed by atoms with van der Waals surface area (Å²) in [6.07, 6.45) is 0.674. The van der Waals surface area contributed by atoms with Gasteiger partial charge in [-0.1, -0.05) is 36.4 Å². The van der Waals surface area contributed by atoms with Crippen molar-refractivity contribution in [1.29, 1.82) is 0 Å².